The maximum absolute atomic E-state index is 11.3. The molecule has 0 bridgehead atoms. The Labute approximate surface area is 91.0 Å². The fraction of sp³-hybridized carbons (Fsp3) is 0.400. The largest absolute Gasteiger partial charge is 0.348 e. The number of rotatable bonds is 1. The van der Waals surface area contributed by atoms with Crippen molar-refractivity contribution in [3.05, 3.63) is 28.5 Å². The Morgan fingerprint density at radius 2 is 2.21 bits per heavy atom. The van der Waals surface area contributed by atoms with E-state index in [1.165, 1.54) is 0 Å². The van der Waals surface area contributed by atoms with Crippen LogP contribution in [0.25, 0.3) is 0 Å². The Balaban J connectivity index is 2.30. The SMILES string of the molecule is CC1(C)C(=O)NC1c1cncc(Br)c1. The fourth-order valence-electron chi connectivity index (χ4n) is 1.64. The van der Waals surface area contributed by atoms with E-state index < -0.39 is 0 Å². The van der Waals surface area contributed by atoms with E-state index in [1.54, 1.807) is 12.4 Å². The zero-order valence-electron chi connectivity index (χ0n) is 8.04. The summed E-state index contributed by atoms with van der Waals surface area (Å²) in [7, 11) is 0. The first-order valence-corrected chi connectivity index (χ1v) is 5.22. The summed E-state index contributed by atoms with van der Waals surface area (Å²) in [4.78, 5) is 15.4. The van der Waals surface area contributed by atoms with Gasteiger partial charge in [0, 0.05) is 16.9 Å². The number of hydrogen-bond donors (Lipinski definition) is 1. The number of β-lactam (4-membered cyclic amide) rings is 1. The zero-order chi connectivity index (χ0) is 10.3. The number of carbonyl (C=O) groups excluding carboxylic acids is 1. The van der Waals surface area contributed by atoms with Gasteiger partial charge < -0.3 is 5.32 Å². The van der Waals surface area contributed by atoms with E-state index in [2.05, 4.69) is 26.2 Å². The highest BCUT2D eigenvalue weighted by atomic mass is 79.9. The van der Waals surface area contributed by atoms with Crippen LogP contribution in [0.15, 0.2) is 22.9 Å². The average Bonchev–Trinajstić information content (AvgIpc) is 2.14. The van der Waals surface area contributed by atoms with Gasteiger partial charge in [-0.15, -0.1) is 0 Å². The maximum Gasteiger partial charge on any atom is 0.228 e. The van der Waals surface area contributed by atoms with Gasteiger partial charge in [-0.25, -0.2) is 0 Å². The summed E-state index contributed by atoms with van der Waals surface area (Å²) >= 11 is 3.36. The summed E-state index contributed by atoms with van der Waals surface area (Å²) in [5.74, 6) is 0.0995. The first-order valence-electron chi connectivity index (χ1n) is 4.43. The van der Waals surface area contributed by atoms with E-state index in [-0.39, 0.29) is 17.4 Å². The Hall–Kier alpha value is -0.900. The molecule has 3 nitrogen and oxygen atoms in total. The molecule has 1 atom stereocenters. The molecule has 4 heteroatoms. The van der Waals surface area contributed by atoms with Gasteiger partial charge in [-0.3, -0.25) is 9.78 Å². The molecular formula is C10H11BrN2O. The van der Waals surface area contributed by atoms with Crippen LogP contribution >= 0.6 is 15.9 Å². The number of aromatic nitrogens is 1. The van der Waals surface area contributed by atoms with Crippen molar-refractivity contribution >= 4 is 21.8 Å². The van der Waals surface area contributed by atoms with Gasteiger partial charge in [0.15, 0.2) is 0 Å². The van der Waals surface area contributed by atoms with Crippen LogP contribution in [0.1, 0.15) is 25.5 Å². The van der Waals surface area contributed by atoms with E-state index >= 15 is 0 Å². The summed E-state index contributed by atoms with van der Waals surface area (Å²) in [5, 5.41) is 2.88. The monoisotopic (exact) mass is 254 g/mol. The van der Waals surface area contributed by atoms with Gasteiger partial charge in [0.1, 0.15) is 0 Å². The lowest BCUT2D eigenvalue weighted by molar-refractivity contribution is -0.143. The van der Waals surface area contributed by atoms with E-state index in [0.29, 0.717) is 0 Å². The third-order valence-corrected chi connectivity index (χ3v) is 3.08. The molecule has 1 amide bonds. The molecule has 0 radical (unpaired) electrons. The van der Waals surface area contributed by atoms with Crippen molar-refractivity contribution in [1.82, 2.24) is 10.3 Å². The minimum absolute atomic E-state index is 0.0833. The molecule has 74 valence electrons. The Kier molecular flexibility index (Phi) is 2.10. The molecule has 0 aromatic carbocycles. The van der Waals surface area contributed by atoms with Crippen LogP contribution in [0.2, 0.25) is 0 Å². The quantitative estimate of drug-likeness (QED) is 0.780. The third-order valence-electron chi connectivity index (χ3n) is 2.64. The van der Waals surface area contributed by atoms with Crippen molar-refractivity contribution in [2.75, 3.05) is 0 Å². The van der Waals surface area contributed by atoms with Gasteiger partial charge in [-0.1, -0.05) is 0 Å². The second-order valence-corrected chi connectivity index (χ2v) is 4.98. The Morgan fingerprint density at radius 3 is 2.71 bits per heavy atom. The Morgan fingerprint density at radius 1 is 1.50 bits per heavy atom. The summed E-state index contributed by atoms with van der Waals surface area (Å²) in [6.45, 7) is 3.88. The molecule has 0 spiro atoms. The van der Waals surface area contributed by atoms with Crippen molar-refractivity contribution in [2.24, 2.45) is 5.41 Å². The third kappa shape index (κ3) is 1.34. The molecule has 0 saturated carbocycles. The lowest BCUT2D eigenvalue weighted by Crippen LogP contribution is -2.57. The summed E-state index contributed by atoms with van der Waals surface area (Å²) < 4.78 is 0.937. The molecule has 1 aromatic heterocycles. The van der Waals surface area contributed by atoms with Crippen molar-refractivity contribution in [3.63, 3.8) is 0 Å². The highest BCUT2D eigenvalue weighted by Gasteiger charge is 2.48. The number of amides is 1. The summed E-state index contributed by atoms with van der Waals surface area (Å²) in [5.41, 5.74) is 0.728. The molecule has 0 aliphatic carbocycles. The van der Waals surface area contributed by atoms with Gasteiger partial charge in [0.05, 0.1) is 11.5 Å². The smallest absolute Gasteiger partial charge is 0.228 e. The van der Waals surface area contributed by atoms with Gasteiger partial charge in [-0.05, 0) is 41.4 Å². The average molecular weight is 255 g/mol. The number of nitrogens with one attached hydrogen (secondary N) is 1. The molecule has 1 saturated heterocycles. The molecule has 2 heterocycles. The first-order chi connectivity index (χ1) is 6.51. The molecule has 2 rings (SSSR count). The second-order valence-electron chi connectivity index (χ2n) is 4.06. The van der Waals surface area contributed by atoms with E-state index in [4.69, 9.17) is 0 Å². The lowest BCUT2D eigenvalue weighted by atomic mass is 9.73. The molecule has 1 aliphatic rings. The van der Waals surface area contributed by atoms with Gasteiger partial charge in [0.25, 0.3) is 0 Å². The minimum Gasteiger partial charge on any atom is -0.348 e. The van der Waals surface area contributed by atoms with Crippen LogP contribution in [0.3, 0.4) is 0 Å². The van der Waals surface area contributed by atoms with Crippen molar-refractivity contribution in [3.8, 4) is 0 Å². The van der Waals surface area contributed by atoms with Crippen molar-refractivity contribution in [1.29, 1.82) is 0 Å². The molecule has 1 N–H and O–H groups in total. The number of halogens is 1. The predicted molar refractivity (Wildman–Crippen MR) is 56.6 cm³/mol. The highest BCUT2D eigenvalue weighted by molar-refractivity contribution is 9.10. The molecule has 1 aliphatic heterocycles. The van der Waals surface area contributed by atoms with Crippen LogP contribution < -0.4 is 5.32 Å². The second kappa shape index (κ2) is 3.05. The van der Waals surface area contributed by atoms with Gasteiger partial charge in [0.2, 0.25) is 5.91 Å². The standard InChI is InChI=1S/C10H11BrN2O/c1-10(2)8(13-9(10)14)6-3-7(11)5-12-4-6/h3-5,8H,1-2H3,(H,13,14). The van der Waals surface area contributed by atoms with Gasteiger partial charge in [-0.2, -0.15) is 0 Å². The number of hydrogen-bond acceptors (Lipinski definition) is 2. The van der Waals surface area contributed by atoms with Crippen LogP contribution in [-0.4, -0.2) is 10.9 Å². The molecule has 1 fully saturated rings. The number of carbonyl (C=O) groups is 1. The van der Waals surface area contributed by atoms with E-state index in [9.17, 15) is 4.79 Å². The predicted octanol–water partition coefficient (Wildman–Crippen LogP) is 2.04. The molecule has 14 heavy (non-hydrogen) atoms. The van der Waals surface area contributed by atoms with Crippen LogP contribution in [0.4, 0.5) is 0 Å². The van der Waals surface area contributed by atoms with Gasteiger partial charge >= 0.3 is 0 Å². The Bertz CT molecular complexity index is 389. The topological polar surface area (TPSA) is 42.0 Å². The molecular weight excluding hydrogens is 244 g/mol. The van der Waals surface area contributed by atoms with Crippen molar-refractivity contribution in [2.45, 2.75) is 19.9 Å². The number of pyridine rings is 1. The summed E-state index contributed by atoms with van der Waals surface area (Å²) in [6.07, 6.45) is 3.52. The minimum atomic E-state index is -0.317. The van der Waals surface area contributed by atoms with E-state index in [1.807, 2.05) is 19.9 Å². The van der Waals surface area contributed by atoms with Crippen molar-refractivity contribution < 1.29 is 4.79 Å². The van der Waals surface area contributed by atoms with Crippen LogP contribution in [0, 0.1) is 5.41 Å². The zero-order valence-corrected chi connectivity index (χ0v) is 9.63. The molecule has 1 unspecified atom stereocenters. The normalized spacial score (nSPS) is 23.9. The van der Waals surface area contributed by atoms with E-state index in [0.717, 1.165) is 10.0 Å². The highest BCUT2D eigenvalue weighted by Crippen LogP contribution is 2.41. The fourth-order valence-corrected chi connectivity index (χ4v) is 2.02. The van der Waals surface area contributed by atoms with Crippen LogP contribution in [-0.2, 0) is 4.79 Å². The molecule has 1 aromatic rings. The summed E-state index contributed by atoms with van der Waals surface area (Å²) in [6, 6.07) is 2.07. The van der Waals surface area contributed by atoms with Crippen LogP contribution in [0.5, 0.6) is 0 Å². The first kappa shape index (κ1) is 9.65. The number of nitrogens with zero attached hydrogens (tertiary/aromatic N) is 1. The maximum atomic E-state index is 11.3. The lowest BCUT2D eigenvalue weighted by Gasteiger charge is -2.43.